The molecule has 0 unspecified atom stereocenters. The maximum absolute atomic E-state index is 12.4. The number of rotatable bonds is 4. The number of hydrogen-bond acceptors (Lipinski definition) is 4. The summed E-state index contributed by atoms with van der Waals surface area (Å²) < 4.78 is 0. The summed E-state index contributed by atoms with van der Waals surface area (Å²) in [5.74, 6) is 1.60. The number of carbonyl (C=O) groups excluding carboxylic acids is 1. The van der Waals surface area contributed by atoms with Crippen LogP contribution in [-0.2, 0) is 11.2 Å². The topological polar surface area (TPSA) is 61.9 Å². The molecular formula is C15H20N4OS. The molecule has 1 N–H and O–H groups in total. The van der Waals surface area contributed by atoms with Crippen LogP contribution in [0.15, 0.2) is 17.9 Å². The van der Waals surface area contributed by atoms with E-state index in [0.29, 0.717) is 12.3 Å². The molecule has 3 rings (SSSR count). The van der Waals surface area contributed by atoms with Crippen LogP contribution >= 0.6 is 11.3 Å². The van der Waals surface area contributed by atoms with Gasteiger partial charge in [0.2, 0.25) is 5.91 Å². The molecule has 1 aliphatic heterocycles. The van der Waals surface area contributed by atoms with E-state index < -0.39 is 0 Å². The number of piperidine rings is 1. The van der Waals surface area contributed by atoms with Gasteiger partial charge >= 0.3 is 0 Å². The van der Waals surface area contributed by atoms with E-state index in [2.05, 4.69) is 15.0 Å². The van der Waals surface area contributed by atoms with E-state index in [1.165, 1.54) is 4.88 Å². The second kappa shape index (κ2) is 6.39. The Kier molecular flexibility index (Phi) is 4.34. The van der Waals surface area contributed by atoms with Crippen molar-refractivity contribution < 1.29 is 4.79 Å². The molecule has 1 fully saturated rings. The zero-order valence-electron chi connectivity index (χ0n) is 12.2. The average molecular weight is 304 g/mol. The van der Waals surface area contributed by atoms with E-state index in [9.17, 15) is 4.79 Å². The molecule has 6 heteroatoms. The van der Waals surface area contributed by atoms with Crippen molar-refractivity contribution in [3.8, 4) is 0 Å². The van der Waals surface area contributed by atoms with Gasteiger partial charge in [0.1, 0.15) is 5.82 Å². The molecule has 0 spiro atoms. The first-order valence-corrected chi connectivity index (χ1v) is 8.28. The fourth-order valence-electron chi connectivity index (χ4n) is 2.87. The van der Waals surface area contributed by atoms with Crippen LogP contribution in [0.1, 0.15) is 41.6 Å². The number of carbonyl (C=O) groups is 1. The normalized spacial score (nSPS) is 18.9. The number of aromatic nitrogens is 3. The first-order valence-electron chi connectivity index (χ1n) is 7.40. The predicted octanol–water partition coefficient (Wildman–Crippen LogP) is 2.51. The third kappa shape index (κ3) is 3.32. The molecule has 1 aliphatic rings. The highest BCUT2D eigenvalue weighted by Gasteiger charge is 2.25. The average Bonchev–Trinajstić information content (AvgIpc) is 3.16. The summed E-state index contributed by atoms with van der Waals surface area (Å²) in [6.45, 7) is 3.66. The van der Waals surface area contributed by atoms with Gasteiger partial charge in [-0.1, -0.05) is 0 Å². The van der Waals surface area contributed by atoms with Crippen LogP contribution in [0.25, 0.3) is 0 Å². The number of nitrogens with zero attached hydrogens (tertiary/aromatic N) is 3. The van der Waals surface area contributed by atoms with Crippen LogP contribution in [0.4, 0.5) is 0 Å². The summed E-state index contributed by atoms with van der Waals surface area (Å²) in [6, 6.07) is 0. The fourth-order valence-corrected chi connectivity index (χ4v) is 3.65. The van der Waals surface area contributed by atoms with Crippen LogP contribution in [-0.4, -0.2) is 38.8 Å². The smallest absolute Gasteiger partial charge is 0.222 e. The lowest BCUT2D eigenvalue weighted by Crippen LogP contribution is -2.39. The van der Waals surface area contributed by atoms with Gasteiger partial charge in [-0.25, -0.2) is 9.97 Å². The monoisotopic (exact) mass is 304 g/mol. The maximum atomic E-state index is 12.4. The summed E-state index contributed by atoms with van der Waals surface area (Å²) in [5, 5.41) is 0. The highest BCUT2D eigenvalue weighted by Crippen LogP contribution is 2.25. The minimum absolute atomic E-state index is 0.249. The molecule has 1 amide bonds. The Morgan fingerprint density at radius 1 is 1.52 bits per heavy atom. The van der Waals surface area contributed by atoms with Gasteiger partial charge in [-0.3, -0.25) is 4.79 Å². The molecule has 5 nitrogen and oxygen atoms in total. The third-order valence-electron chi connectivity index (χ3n) is 4.09. The number of aromatic amines is 1. The zero-order chi connectivity index (χ0) is 14.7. The number of aryl methyl sites for hydroxylation is 2. The van der Waals surface area contributed by atoms with Crippen LogP contribution in [0.5, 0.6) is 0 Å². The van der Waals surface area contributed by atoms with Crippen molar-refractivity contribution in [3.63, 3.8) is 0 Å². The molecule has 0 saturated carbocycles. The standard InChI is InChI=1S/C15H20N4OS/c1-11-13(21-10-18-11)4-5-14(20)19-8-2-3-12(9-19)15-16-6-7-17-15/h6-7,10,12H,2-5,8-9H2,1H3,(H,16,17)/t12-/m1/s1. The van der Waals surface area contributed by atoms with Gasteiger partial charge in [0.25, 0.3) is 0 Å². The lowest BCUT2D eigenvalue weighted by atomic mass is 9.97. The first-order chi connectivity index (χ1) is 10.2. The maximum Gasteiger partial charge on any atom is 0.222 e. The molecule has 112 valence electrons. The minimum Gasteiger partial charge on any atom is -0.348 e. The van der Waals surface area contributed by atoms with Gasteiger partial charge in [-0.05, 0) is 26.2 Å². The summed E-state index contributed by atoms with van der Waals surface area (Å²) in [7, 11) is 0. The molecule has 1 saturated heterocycles. The molecule has 0 radical (unpaired) electrons. The van der Waals surface area contributed by atoms with Crippen LogP contribution < -0.4 is 0 Å². The number of hydrogen-bond donors (Lipinski definition) is 1. The number of likely N-dealkylation sites (tertiary alicyclic amines) is 1. The fraction of sp³-hybridized carbons (Fsp3) is 0.533. The van der Waals surface area contributed by atoms with Crippen molar-refractivity contribution in [2.24, 2.45) is 0 Å². The SMILES string of the molecule is Cc1ncsc1CCC(=O)N1CCC[C@@H](c2ncc[nH]2)C1. The Morgan fingerprint density at radius 2 is 2.43 bits per heavy atom. The van der Waals surface area contributed by atoms with Crippen molar-refractivity contribution >= 4 is 17.2 Å². The van der Waals surface area contributed by atoms with Gasteiger partial charge in [0, 0.05) is 42.7 Å². The van der Waals surface area contributed by atoms with Gasteiger partial charge in [-0.2, -0.15) is 0 Å². The molecule has 2 aromatic rings. The van der Waals surface area contributed by atoms with E-state index in [4.69, 9.17) is 0 Å². The van der Waals surface area contributed by atoms with Gasteiger partial charge in [-0.15, -0.1) is 11.3 Å². The lowest BCUT2D eigenvalue weighted by Gasteiger charge is -2.32. The number of imidazole rings is 1. The Morgan fingerprint density at radius 3 is 3.14 bits per heavy atom. The van der Waals surface area contributed by atoms with Crippen LogP contribution in [0.3, 0.4) is 0 Å². The van der Waals surface area contributed by atoms with E-state index in [1.54, 1.807) is 17.5 Å². The van der Waals surface area contributed by atoms with Crippen LogP contribution in [0, 0.1) is 6.92 Å². The summed E-state index contributed by atoms with van der Waals surface area (Å²) in [5.41, 5.74) is 2.91. The Bertz CT molecular complexity index is 593. The Labute approximate surface area is 128 Å². The number of H-pyrrole nitrogens is 1. The van der Waals surface area contributed by atoms with Crippen molar-refractivity contribution in [3.05, 3.63) is 34.3 Å². The van der Waals surface area contributed by atoms with Gasteiger partial charge in [0.05, 0.1) is 11.2 Å². The second-order valence-corrected chi connectivity index (χ2v) is 6.45. The van der Waals surface area contributed by atoms with Crippen molar-refractivity contribution in [2.45, 2.75) is 38.5 Å². The highest BCUT2D eigenvalue weighted by atomic mass is 32.1. The molecule has 0 aliphatic carbocycles. The number of amides is 1. The number of nitrogens with one attached hydrogen (secondary N) is 1. The molecule has 0 aromatic carbocycles. The van der Waals surface area contributed by atoms with Crippen molar-refractivity contribution in [2.75, 3.05) is 13.1 Å². The quantitative estimate of drug-likeness (QED) is 0.944. The summed E-state index contributed by atoms with van der Waals surface area (Å²) in [6.07, 6.45) is 7.17. The Hall–Kier alpha value is -1.69. The van der Waals surface area contributed by atoms with E-state index in [0.717, 1.165) is 43.9 Å². The Balaban J connectivity index is 1.56. The molecule has 2 aromatic heterocycles. The lowest BCUT2D eigenvalue weighted by molar-refractivity contribution is -0.132. The highest BCUT2D eigenvalue weighted by molar-refractivity contribution is 7.09. The van der Waals surface area contributed by atoms with Crippen molar-refractivity contribution in [1.29, 1.82) is 0 Å². The first kappa shape index (κ1) is 14.3. The molecular weight excluding hydrogens is 284 g/mol. The van der Waals surface area contributed by atoms with E-state index in [-0.39, 0.29) is 5.91 Å². The third-order valence-corrected chi connectivity index (χ3v) is 5.09. The molecule has 0 bridgehead atoms. The van der Waals surface area contributed by atoms with Crippen molar-refractivity contribution in [1.82, 2.24) is 19.9 Å². The van der Waals surface area contributed by atoms with E-state index >= 15 is 0 Å². The second-order valence-electron chi connectivity index (χ2n) is 5.51. The van der Waals surface area contributed by atoms with Crippen LogP contribution in [0.2, 0.25) is 0 Å². The number of thiazole rings is 1. The molecule has 3 heterocycles. The van der Waals surface area contributed by atoms with E-state index in [1.807, 2.05) is 23.5 Å². The molecule has 1 atom stereocenters. The largest absolute Gasteiger partial charge is 0.348 e. The van der Waals surface area contributed by atoms with Gasteiger partial charge in [0.15, 0.2) is 0 Å². The minimum atomic E-state index is 0.249. The predicted molar refractivity (Wildman–Crippen MR) is 82.3 cm³/mol. The zero-order valence-corrected chi connectivity index (χ0v) is 13.0. The summed E-state index contributed by atoms with van der Waals surface area (Å²) in [4.78, 5) is 27.4. The summed E-state index contributed by atoms with van der Waals surface area (Å²) >= 11 is 1.64. The van der Waals surface area contributed by atoms with Gasteiger partial charge < -0.3 is 9.88 Å². The molecule has 21 heavy (non-hydrogen) atoms.